The molecule has 1 unspecified atom stereocenters. The predicted octanol–water partition coefficient (Wildman–Crippen LogP) is 1.90. The summed E-state index contributed by atoms with van der Waals surface area (Å²) in [6, 6.07) is 5.48. The Bertz CT molecular complexity index is 566. The quantitative estimate of drug-likeness (QED) is 0.896. The van der Waals surface area contributed by atoms with E-state index in [4.69, 9.17) is 5.11 Å². The number of carboxylic acid groups (broad SMARTS) is 1. The van der Waals surface area contributed by atoms with Crippen molar-refractivity contribution >= 4 is 16.0 Å². The van der Waals surface area contributed by atoms with E-state index < -0.39 is 22.0 Å². The van der Waals surface area contributed by atoms with Crippen molar-refractivity contribution < 1.29 is 18.3 Å². The molecule has 6 heteroatoms. The lowest BCUT2D eigenvalue weighted by molar-refractivity contribution is -0.140. The standard InChI is InChI=1S/C13H19NO4S/c1-9(2)11-6-5-7-12(8-11)19(17,18)14(4)10(3)13(15)16/h5-10H,1-4H3,(H,15,16). The van der Waals surface area contributed by atoms with Gasteiger partial charge in [0, 0.05) is 7.05 Å². The molecule has 0 radical (unpaired) electrons. The molecule has 1 rings (SSSR count). The van der Waals surface area contributed by atoms with Gasteiger partial charge in [-0.05, 0) is 30.5 Å². The number of hydrogen-bond acceptors (Lipinski definition) is 3. The van der Waals surface area contributed by atoms with E-state index in [0.29, 0.717) is 0 Å². The zero-order chi connectivity index (χ0) is 14.8. The smallest absolute Gasteiger partial charge is 0.321 e. The average molecular weight is 285 g/mol. The molecule has 106 valence electrons. The monoisotopic (exact) mass is 285 g/mol. The molecule has 1 N–H and O–H groups in total. The highest BCUT2D eigenvalue weighted by molar-refractivity contribution is 7.89. The number of rotatable bonds is 5. The molecule has 0 fully saturated rings. The zero-order valence-corrected chi connectivity index (χ0v) is 12.3. The van der Waals surface area contributed by atoms with Crippen LogP contribution in [0.2, 0.25) is 0 Å². The lowest BCUT2D eigenvalue weighted by Gasteiger charge is -2.21. The Morgan fingerprint density at radius 3 is 2.32 bits per heavy atom. The second-order valence-corrected chi connectivity index (χ2v) is 6.76. The topological polar surface area (TPSA) is 74.7 Å². The summed E-state index contributed by atoms with van der Waals surface area (Å²) in [5, 5.41) is 8.90. The van der Waals surface area contributed by atoms with Crippen LogP contribution in [-0.2, 0) is 14.8 Å². The maximum atomic E-state index is 12.3. The van der Waals surface area contributed by atoms with Crippen LogP contribution in [0.3, 0.4) is 0 Å². The van der Waals surface area contributed by atoms with Gasteiger partial charge in [-0.25, -0.2) is 8.42 Å². The van der Waals surface area contributed by atoms with Crippen molar-refractivity contribution in [3.8, 4) is 0 Å². The van der Waals surface area contributed by atoms with Gasteiger partial charge in [0.1, 0.15) is 6.04 Å². The van der Waals surface area contributed by atoms with E-state index in [1.54, 1.807) is 12.1 Å². The van der Waals surface area contributed by atoms with Crippen molar-refractivity contribution in [3.63, 3.8) is 0 Å². The number of benzene rings is 1. The number of likely N-dealkylation sites (N-methyl/N-ethyl adjacent to an activating group) is 1. The van der Waals surface area contributed by atoms with Gasteiger partial charge < -0.3 is 5.11 Å². The maximum Gasteiger partial charge on any atom is 0.321 e. The van der Waals surface area contributed by atoms with E-state index in [0.717, 1.165) is 9.87 Å². The van der Waals surface area contributed by atoms with Crippen LogP contribution < -0.4 is 0 Å². The summed E-state index contributed by atoms with van der Waals surface area (Å²) in [6.07, 6.45) is 0. The van der Waals surface area contributed by atoms with E-state index in [2.05, 4.69) is 0 Å². The number of carboxylic acids is 1. The van der Waals surface area contributed by atoms with Crippen molar-refractivity contribution in [2.45, 2.75) is 37.6 Å². The van der Waals surface area contributed by atoms with Gasteiger partial charge >= 0.3 is 5.97 Å². The Morgan fingerprint density at radius 1 is 1.26 bits per heavy atom. The molecular weight excluding hydrogens is 266 g/mol. The third-order valence-corrected chi connectivity index (χ3v) is 5.03. The van der Waals surface area contributed by atoms with E-state index in [9.17, 15) is 13.2 Å². The van der Waals surface area contributed by atoms with Crippen LogP contribution in [0.1, 0.15) is 32.3 Å². The van der Waals surface area contributed by atoms with Crippen molar-refractivity contribution in [2.24, 2.45) is 0 Å². The van der Waals surface area contributed by atoms with Gasteiger partial charge in [-0.1, -0.05) is 26.0 Å². The lowest BCUT2D eigenvalue weighted by atomic mass is 10.0. The third-order valence-electron chi connectivity index (χ3n) is 3.10. The average Bonchev–Trinajstić information content (AvgIpc) is 2.36. The molecule has 0 spiro atoms. The highest BCUT2D eigenvalue weighted by Gasteiger charge is 2.29. The van der Waals surface area contributed by atoms with Gasteiger partial charge in [0.25, 0.3) is 0 Å². The van der Waals surface area contributed by atoms with Crippen LogP contribution >= 0.6 is 0 Å². The van der Waals surface area contributed by atoms with Gasteiger partial charge in [0.2, 0.25) is 10.0 Å². The third kappa shape index (κ3) is 3.33. The summed E-state index contributed by atoms with van der Waals surface area (Å²) < 4.78 is 25.5. The second-order valence-electron chi connectivity index (χ2n) is 4.76. The Morgan fingerprint density at radius 2 is 1.84 bits per heavy atom. The van der Waals surface area contributed by atoms with Crippen molar-refractivity contribution in [2.75, 3.05) is 7.05 Å². The van der Waals surface area contributed by atoms with Crippen LogP contribution in [-0.4, -0.2) is 36.9 Å². The summed E-state index contributed by atoms with van der Waals surface area (Å²) >= 11 is 0. The van der Waals surface area contributed by atoms with Gasteiger partial charge in [0.15, 0.2) is 0 Å². The predicted molar refractivity (Wildman–Crippen MR) is 72.6 cm³/mol. The molecule has 1 atom stereocenters. The van der Waals surface area contributed by atoms with Gasteiger partial charge in [0.05, 0.1) is 4.90 Å². The SMILES string of the molecule is CC(C)c1cccc(S(=O)(=O)N(C)C(C)C(=O)O)c1. The van der Waals surface area contributed by atoms with Gasteiger partial charge in [-0.2, -0.15) is 4.31 Å². The summed E-state index contributed by atoms with van der Waals surface area (Å²) in [6.45, 7) is 5.27. The molecule has 0 saturated carbocycles. The van der Waals surface area contributed by atoms with E-state index >= 15 is 0 Å². The first kappa shape index (κ1) is 15.7. The fourth-order valence-corrected chi connectivity index (χ4v) is 2.94. The van der Waals surface area contributed by atoms with Crippen molar-refractivity contribution in [3.05, 3.63) is 29.8 Å². The number of nitrogens with zero attached hydrogens (tertiary/aromatic N) is 1. The maximum absolute atomic E-state index is 12.3. The summed E-state index contributed by atoms with van der Waals surface area (Å²) in [7, 11) is -2.51. The first-order chi connectivity index (χ1) is 8.67. The Labute approximate surface area is 113 Å². The molecular formula is C13H19NO4S. The van der Waals surface area contributed by atoms with Crippen LogP contribution in [0, 0.1) is 0 Å². The molecule has 0 aromatic heterocycles. The molecule has 19 heavy (non-hydrogen) atoms. The minimum absolute atomic E-state index is 0.120. The number of sulfonamides is 1. The normalized spacial score (nSPS) is 13.8. The molecule has 0 amide bonds. The fourth-order valence-electron chi connectivity index (χ4n) is 1.56. The zero-order valence-electron chi connectivity index (χ0n) is 11.5. The molecule has 0 saturated heterocycles. The van der Waals surface area contributed by atoms with Crippen LogP contribution in [0.5, 0.6) is 0 Å². The summed E-state index contributed by atoms with van der Waals surface area (Å²) in [5.74, 6) is -0.969. The van der Waals surface area contributed by atoms with E-state index in [1.165, 1.54) is 20.0 Å². The van der Waals surface area contributed by atoms with Gasteiger partial charge in [-0.3, -0.25) is 4.79 Å². The number of hydrogen-bond donors (Lipinski definition) is 1. The molecule has 0 aliphatic heterocycles. The lowest BCUT2D eigenvalue weighted by Crippen LogP contribution is -2.40. The summed E-state index contributed by atoms with van der Waals surface area (Å²) in [4.78, 5) is 11.0. The molecule has 5 nitrogen and oxygen atoms in total. The Kier molecular flexibility index (Phi) is 4.70. The van der Waals surface area contributed by atoms with Crippen LogP contribution in [0.25, 0.3) is 0 Å². The van der Waals surface area contributed by atoms with Crippen molar-refractivity contribution in [1.82, 2.24) is 4.31 Å². The van der Waals surface area contributed by atoms with E-state index in [1.807, 2.05) is 19.9 Å². The van der Waals surface area contributed by atoms with E-state index in [-0.39, 0.29) is 10.8 Å². The molecule has 0 aliphatic carbocycles. The Hall–Kier alpha value is -1.40. The minimum Gasteiger partial charge on any atom is -0.480 e. The largest absolute Gasteiger partial charge is 0.480 e. The highest BCUT2D eigenvalue weighted by Crippen LogP contribution is 2.21. The van der Waals surface area contributed by atoms with Crippen LogP contribution in [0.15, 0.2) is 29.2 Å². The molecule has 0 heterocycles. The summed E-state index contributed by atoms with van der Waals surface area (Å²) in [5.41, 5.74) is 0.900. The molecule has 1 aromatic carbocycles. The highest BCUT2D eigenvalue weighted by atomic mass is 32.2. The molecule has 0 bridgehead atoms. The second kappa shape index (κ2) is 5.71. The number of aliphatic carboxylic acids is 1. The Balaban J connectivity index is 3.20. The first-order valence-corrected chi connectivity index (χ1v) is 7.42. The van der Waals surface area contributed by atoms with Crippen LogP contribution in [0.4, 0.5) is 0 Å². The first-order valence-electron chi connectivity index (χ1n) is 5.98. The van der Waals surface area contributed by atoms with Crippen molar-refractivity contribution in [1.29, 1.82) is 0 Å². The fraction of sp³-hybridized carbons (Fsp3) is 0.462. The number of carbonyl (C=O) groups is 1. The minimum atomic E-state index is -3.79. The molecule has 1 aromatic rings. The molecule has 0 aliphatic rings. The van der Waals surface area contributed by atoms with Gasteiger partial charge in [-0.15, -0.1) is 0 Å².